The number of hydrogen-bond donors (Lipinski definition) is 2. The van der Waals surface area contributed by atoms with Crippen molar-refractivity contribution in [3.8, 4) is 0 Å². The second-order valence-electron chi connectivity index (χ2n) is 3.07. The van der Waals surface area contributed by atoms with Crippen LogP contribution >= 0.6 is 0 Å². The number of aliphatic carboxylic acids is 1. The third-order valence-electron chi connectivity index (χ3n) is 2.03. The van der Waals surface area contributed by atoms with Crippen LogP contribution in [-0.2, 0) is 4.79 Å². The van der Waals surface area contributed by atoms with Crippen molar-refractivity contribution in [2.75, 3.05) is 0 Å². The van der Waals surface area contributed by atoms with Crippen molar-refractivity contribution < 1.29 is 23.1 Å². The van der Waals surface area contributed by atoms with Gasteiger partial charge in [0.05, 0.1) is 0 Å². The summed E-state index contributed by atoms with van der Waals surface area (Å²) in [5, 5.41) is 8.39. The van der Waals surface area contributed by atoms with E-state index in [4.69, 9.17) is 10.8 Å². The summed E-state index contributed by atoms with van der Waals surface area (Å²) in [6.45, 7) is 0. The maximum absolute atomic E-state index is 11.7. The first-order chi connectivity index (χ1) is 5.26. The summed E-state index contributed by atoms with van der Waals surface area (Å²) in [6, 6.07) is 0. The molecule has 6 heteroatoms. The van der Waals surface area contributed by atoms with Gasteiger partial charge in [0, 0.05) is 6.42 Å². The lowest BCUT2D eigenvalue weighted by molar-refractivity contribution is -0.145. The zero-order valence-electron chi connectivity index (χ0n) is 6.06. The second-order valence-corrected chi connectivity index (χ2v) is 3.07. The maximum Gasteiger partial charge on any atom is 0.389 e. The fraction of sp³-hybridized carbons (Fsp3) is 0.833. The zero-order valence-corrected chi connectivity index (χ0v) is 6.06. The molecule has 0 amide bonds. The average Bonchev–Trinajstić information content (AvgIpc) is 2.38. The third-order valence-corrected chi connectivity index (χ3v) is 2.03. The van der Waals surface area contributed by atoms with Gasteiger partial charge in [-0.25, -0.2) is 0 Å². The van der Waals surface area contributed by atoms with Gasteiger partial charge in [-0.2, -0.15) is 13.2 Å². The number of carbonyl (C=O) groups is 1. The molecule has 0 spiro atoms. The summed E-state index contributed by atoms with van der Waals surface area (Å²) in [7, 11) is 0. The summed E-state index contributed by atoms with van der Waals surface area (Å²) in [5.74, 6) is -2.30. The lowest BCUT2D eigenvalue weighted by Crippen LogP contribution is -2.36. The van der Waals surface area contributed by atoms with E-state index in [0.29, 0.717) is 0 Å². The van der Waals surface area contributed by atoms with Gasteiger partial charge >= 0.3 is 12.1 Å². The monoisotopic (exact) mass is 183 g/mol. The summed E-state index contributed by atoms with van der Waals surface area (Å²) < 4.78 is 35.1. The Morgan fingerprint density at radius 2 is 2.17 bits per heavy atom. The topological polar surface area (TPSA) is 63.3 Å². The molecule has 2 unspecified atom stereocenters. The van der Waals surface area contributed by atoms with Gasteiger partial charge in [0.15, 0.2) is 0 Å². The molecule has 3 nitrogen and oxygen atoms in total. The van der Waals surface area contributed by atoms with E-state index < -0.39 is 30.0 Å². The molecule has 12 heavy (non-hydrogen) atoms. The molecule has 0 radical (unpaired) electrons. The molecule has 1 rings (SSSR count). The Kier molecular flexibility index (Phi) is 1.82. The van der Waals surface area contributed by atoms with Crippen molar-refractivity contribution in [1.29, 1.82) is 0 Å². The van der Waals surface area contributed by atoms with Crippen LogP contribution in [0.5, 0.6) is 0 Å². The van der Waals surface area contributed by atoms with Crippen LogP contribution in [0.1, 0.15) is 12.8 Å². The summed E-state index contributed by atoms with van der Waals surface area (Å²) >= 11 is 0. The second kappa shape index (κ2) is 2.35. The van der Waals surface area contributed by atoms with Gasteiger partial charge in [-0.15, -0.1) is 0 Å². The number of carboxylic acid groups (broad SMARTS) is 1. The van der Waals surface area contributed by atoms with Gasteiger partial charge < -0.3 is 10.8 Å². The van der Waals surface area contributed by atoms with Gasteiger partial charge in [-0.1, -0.05) is 0 Å². The lowest BCUT2D eigenvalue weighted by Gasteiger charge is -2.07. The minimum absolute atomic E-state index is 0.0815. The lowest BCUT2D eigenvalue weighted by atomic mass is 10.2. The Morgan fingerprint density at radius 3 is 2.42 bits per heavy atom. The number of carboxylic acids is 1. The van der Waals surface area contributed by atoms with E-state index in [2.05, 4.69) is 0 Å². The summed E-state index contributed by atoms with van der Waals surface area (Å²) in [5.41, 5.74) is 3.51. The van der Waals surface area contributed by atoms with E-state index >= 15 is 0 Å². The summed E-state index contributed by atoms with van der Waals surface area (Å²) in [6.07, 6.45) is -5.50. The molecule has 0 aliphatic heterocycles. The van der Waals surface area contributed by atoms with E-state index in [1.54, 1.807) is 0 Å². The van der Waals surface area contributed by atoms with Crippen LogP contribution in [0.25, 0.3) is 0 Å². The first kappa shape index (κ1) is 9.31. The Balaban J connectivity index is 2.48. The van der Waals surface area contributed by atoms with Gasteiger partial charge in [0.1, 0.15) is 5.54 Å². The van der Waals surface area contributed by atoms with Crippen LogP contribution in [0.2, 0.25) is 0 Å². The van der Waals surface area contributed by atoms with Crippen molar-refractivity contribution >= 4 is 5.97 Å². The minimum Gasteiger partial charge on any atom is -0.480 e. The Labute approximate surface area is 66.4 Å². The highest BCUT2D eigenvalue weighted by Gasteiger charge is 2.60. The van der Waals surface area contributed by atoms with Crippen LogP contribution in [-0.4, -0.2) is 22.8 Å². The van der Waals surface area contributed by atoms with Crippen LogP contribution in [0.3, 0.4) is 0 Å². The number of nitrogens with two attached hydrogens (primary N) is 1. The predicted octanol–water partition coefficient (Wildman–Crippen LogP) is 0.741. The maximum atomic E-state index is 11.7. The molecule has 0 saturated heterocycles. The number of rotatable bonds is 2. The largest absolute Gasteiger partial charge is 0.480 e. The number of halogens is 3. The Bertz CT molecular complexity index is 215. The van der Waals surface area contributed by atoms with E-state index in [1.165, 1.54) is 0 Å². The minimum atomic E-state index is -4.32. The molecule has 0 aromatic heterocycles. The molecule has 0 aromatic carbocycles. The third kappa shape index (κ3) is 1.69. The first-order valence-electron chi connectivity index (χ1n) is 3.35. The highest BCUT2D eigenvalue weighted by atomic mass is 19.4. The van der Waals surface area contributed by atoms with Crippen molar-refractivity contribution in [1.82, 2.24) is 0 Å². The fourth-order valence-electron chi connectivity index (χ4n) is 1.14. The van der Waals surface area contributed by atoms with Gasteiger partial charge in [0.2, 0.25) is 0 Å². The standard InChI is InChI=1S/C6H8F3NO2/c7-6(8,9)2-3-1-5(3,10)4(11)12/h3H,1-2,10H2,(H,11,12). The highest BCUT2D eigenvalue weighted by molar-refractivity contribution is 5.82. The molecule has 0 aromatic rings. The van der Waals surface area contributed by atoms with Crippen LogP contribution < -0.4 is 5.73 Å². The molecular weight excluding hydrogens is 175 g/mol. The normalized spacial score (nSPS) is 34.8. The van der Waals surface area contributed by atoms with Crippen molar-refractivity contribution in [2.24, 2.45) is 11.7 Å². The summed E-state index contributed by atoms with van der Waals surface area (Å²) in [4.78, 5) is 10.3. The molecule has 2 atom stereocenters. The number of alkyl halides is 3. The SMILES string of the molecule is NC1(C(=O)O)CC1CC(F)(F)F. The van der Waals surface area contributed by atoms with Crippen molar-refractivity contribution in [3.05, 3.63) is 0 Å². The zero-order chi connectivity index (χ0) is 9.57. The first-order valence-corrected chi connectivity index (χ1v) is 3.35. The van der Waals surface area contributed by atoms with Gasteiger partial charge in [-0.3, -0.25) is 4.79 Å². The fourth-order valence-corrected chi connectivity index (χ4v) is 1.14. The molecule has 3 N–H and O–H groups in total. The molecular formula is C6H8F3NO2. The predicted molar refractivity (Wildman–Crippen MR) is 33.3 cm³/mol. The average molecular weight is 183 g/mol. The molecule has 1 saturated carbocycles. The van der Waals surface area contributed by atoms with Gasteiger partial charge in [0.25, 0.3) is 0 Å². The smallest absolute Gasteiger partial charge is 0.389 e. The highest BCUT2D eigenvalue weighted by Crippen LogP contribution is 2.47. The quantitative estimate of drug-likeness (QED) is 0.663. The van der Waals surface area contributed by atoms with E-state index in [1.807, 2.05) is 0 Å². The van der Waals surface area contributed by atoms with Crippen molar-refractivity contribution in [2.45, 2.75) is 24.6 Å². The van der Waals surface area contributed by atoms with Gasteiger partial charge in [-0.05, 0) is 12.3 Å². The van der Waals surface area contributed by atoms with E-state index in [0.717, 1.165) is 0 Å². The molecule has 1 aliphatic rings. The molecule has 0 heterocycles. The Hall–Kier alpha value is -0.780. The van der Waals surface area contributed by atoms with Crippen LogP contribution in [0, 0.1) is 5.92 Å². The van der Waals surface area contributed by atoms with Crippen LogP contribution in [0.4, 0.5) is 13.2 Å². The Morgan fingerprint density at radius 1 is 1.67 bits per heavy atom. The molecule has 1 aliphatic carbocycles. The molecule has 1 fully saturated rings. The molecule has 0 bridgehead atoms. The molecule has 70 valence electrons. The van der Waals surface area contributed by atoms with Crippen LogP contribution in [0.15, 0.2) is 0 Å². The van der Waals surface area contributed by atoms with Crippen molar-refractivity contribution in [3.63, 3.8) is 0 Å². The van der Waals surface area contributed by atoms with E-state index in [9.17, 15) is 18.0 Å². The number of hydrogen-bond acceptors (Lipinski definition) is 2. The van der Waals surface area contributed by atoms with E-state index in [-0.39, 0.29) is 6.42 Å².